The van der Waals surface area contributed by atoms with Gasteiger partial charge in [0.2, 0.25) is 0 Å². The number of benzene rings is 3. The Morgan fingerprint density at radius 1 is 1.03 bits per heavy atom. The zero-order chi connectivity index (χ0) is 27.9. The maximum Gasteiger partial charge on any atom is 0.335 e. The quantitative estimate of drug-likeness (QED) is 0.133. The van der Waals surface area contributed by atoms with Gasteiger partial charge in [0, 0.05) is 4.47 Å². The van der Waals surface area contributed by atoms with Crippen LogP contribution in [0.25, 0.3) is 6.08 Å². The van der Waals surface area contributed by atoms with E-state index >= 15 is 0 Å². The summed E-state index contributed by atoms with van der Waals surface area (Å²) in [6.07, 6.45) is 6.71. The van der Waals surface area contributed by atoms with Crippen molar-refractivity contribution < 1.29 is 28.6 Å². The average molecular weight is 701 g/mol. The fraction of sp³-hybridized carbons (Fsp3) is 0.138. The molecule has 8 nitrogen and oxygen atoms in total. The second kappa shape index (κ2) is 12.8. The molecule has 1 saturated heterocycles. The number of rotatable bonds is 9. The van der Waals surface area contributed by atoms with Gasteiger partial charge in [-0.3, -0.25) is 14.9 Å². The molecule has 1 fully saturated rings. The number of nitrogens with one attached hydrogen (secondary N) is 1. The predicted octanol–water partition coefficient (Wildman–Crippen LogP) is 5.71. The number of nitrogens with zero attached hydrogens (tertiary/aromatic N) is 1. The monoisotopic (exact) mass is 700 g/mol. The summed E-state index contributed by atoms with van der Waals surface area (Å²) in [5.41, 5.74) is 1.58. The van der Waals surface area contributed by atoms with Gasteiger partial charge < -0.3 is 14.2 Å². The Bertz CT molecular complexity index is 1480. The van der Waals surface area contributed by atoms with Crippen LogP contribution in [0.15, 0.2) is 70.7 Å². The van der Waals surface area contributed by atoms with Crippen molar-refractivity contribution in [3.05, 3.63) is 85.4 Å². The maximum absolute atomic E-state index is 13.3. The zero-order valence-corrected chi connectivity index (χ0v) is 24.4. The molecule has 1 aliphatic heterocycles. The number of terminal acetylenes is 1. The lowest BCUT2D eigenvalue weighted by Crippen LogP contribution is -2.54. The van der Waals surface area contributed by atoms with Crippen LogP contribution in [-0.2, 0) is 16.2 Å². The van der Waals surface area contributed by atoms with Gasteiger partial charge >= 0.3 is 6.03 Å². The van der Waals surface area contributed by atoms with Crippen LogP contribution < -0.4 is 24.4 Å². The van der Waals surface area contributed by atoms with Gasteiger partial charge in [-0.1, -0.05) is 34.0 Å². The number of anilines is 1. The van der Waals surface area contributed by atoms with E-state index in [0.29, 0.717) is 39.6 Å². The molecule has 0 radical (unpaired) electrons. The topological polar surface area (TPSA) is 94.2 Å². The Labute approximate surface area is 247 Å². The van der Waals surface area contributed by atoms with E-state index in [1.54, 1.807) is 36.4 Å². The Hall–Kier alpha value is -3.82. The molecule has 39 heavy (non-hydrogen) atoms. The molecular formula is C29H22BrIN2O6. The zero-order valence-electron chi connectivity index (χ0n) is 20.7. The molecule has 0 atom stereocenters. The number of hydrogen-bond acceptors (Lipinski definition) is 6. The third kappa shape index (κ3) is 6.79. The molecule has 0 saturated carbocycles. The van der Waals surface area contributed by atoms with Gasteiger partial charge in [-0.15, -0.1) is 6.42 Å². The van der Waals surface area contributed by atoms with Gasteiger partial charge in [-0.05, 0) is 95.2 Å². The molecule has 1 N–H and O–H groups in total. The van der Waals surface area contributed by atoms with Gasteiger partial charge in [0.25, 0.3) is 11.8 Å². The molecule has 0 aromatic heterocycles. The number of imide groups is 2. The van der Waals surface area contributed by atoms with Crippen LogP contribution in [-0.4, -0.2) is 31.1 Å². The summed E-state index contributed by atoms with van der Waals surface area (Å²) in [5.74, 6) is 2.31. The lowest BCUT2D eigenvalue weighted by molar-refractivity contribution is -0.122. The first kappa shape index (κ1) is 28.2. The van der Waals surface area contributed by atoms with Crippen LogP contribution in [0.2, 0.25) is 0 Å². The van der Waals surface area contributed by atoms with Crippen LogP contribution >= 0.6 is 38.5 Å². The van der Waals surface area contributed by atoms with Crippen molar-refractivity contribution in [3.8, 4) is 29.6 Å². The van der Waals surface area contributed by atoms with E-state index in [1.165, 1.54) is 6.08 Å². The number of amides is 4. The van der Waals surface area contributed by atoms with Gasteiger partial charge in [-0.2, -0.15) is 0 Å². The van der Waals surface area contributed by atoms with E-state index in [-0.39, 0.29) is 17.9 Å². The first-order valence-corrected chi connectivity index (χ1v) is 13.6. The van der Waals surface area contributed by atoms with E-state index in [2.05, 4.69) is 49.8 Å². The fourth-order valence-electron chi connectivity index (χ4n) is 3.69. The summed E-state index contributed by atoms with van der Waals surface area (Å²) in [4.78, 5) is 39.5. The van der Waals surface area contributed by atoms with Crippen LogP contribution in [0, 0.1) is 15.9 Å². The normalized spacial score (nSPS) is 14.2. The number of barbiturate groups is 1. The maximum atomic E-state index is 13.3. The second-order valence-electron chi connectivity index (χ2n) is 8.12. The third-order valence-electron chi connectivity index (χ3n) is 5.46. The van der Waals surface area contributed by atoms with Gasteiger partial charge in [-0.25, -0.2) is 9.69 Å². The van der Waals surface area contributed by atoms with Crippen molar-refractivity contribution in [1.82, 2.24) is 5.32 Å². The molecular weight excluding hydrogens is 679 g/mol. The highest BCUT2D eigenvalue weighted by molar-refractivity contribution is 14.1. The first-order chi connectivity index (χ1) is 18.8. The minimum atomic E-state index is -0.840. The smallest absolute Gasteiger partial charge is 0.335 e. The number of ether oxygens (including phenoxy) is 3. The Balaban J connectivity index is 1.56. The number of halogens is 2. The fourth-order valence-corrected chi connectivity index (χ4v) is 4.73. The number of hydrogen-bond donors (Lipinski definition) is 1. The number of urea groups is 1. The molecule has 4 amide bonds. The van der Waals surface area contributed by atoms with Crippen LogP contribution in [0.4, 0.5) is 10.5 Å². The third-order valence-corrected chi connectivity index (χ3v) is 6.79. The lowest BCUT2D eigenvalue weighted by atomic mass is 10.1. The minimum absolute atomic E-state index is 0.0581. The van der Waals surface area contributed by atoms with E-state index < -0.39 is 17.8 Å². The highest BCUT2D eigenvalue weighted by Gasteiger charge is 2.37. The van der Waals surface area contributed by atoms with Crippen molar-refractivity contribution in [2.75, 3.05) is 18.1 Å². The van der Waals surface area contributed by atoms with Crippen molar-refractivity contribution in [1.29, 1.82) is 0 Å². The van der Waals surface area contributed by atoms with Crippen molar-refractivity contribution in [2.24, 2.45) is 0 Å². The lowest BCUT2D eigenvalue weighted by Gasteiger charge is -2.26. The molecule has 198 valence electrons. The second-order valence-corrected chi connectivity index (χ2v) is 10.2. The molecule has 0 spiro atoms. The van der Waals surface area contributed by atoms with Crippen LogP contribution in [0.1, 0.15) is 18.1 Å². The molecule has 3 aromatic rings. The molecule has 0 unspecified atom stereocenters. The Morgan fingerprint density at radius 3 is 2.41 bits per heavy atom. The summed E-state index contributed by atoms with van der Waals surface area (Å²) in [6.45, 7) is 2.60. The number of carbonyl (C=O) groups excluding carboxylic acids is 3. The summed E-state index contributed by atoms with van der Waals surface area (Å²) in [5, 5.41) is 2.23. The van der Waals surface area contributed by atoms with Gasteiger partial charge in [0.1, 0.15) is 24.5 Å². The molecule has 10 heteroatoms. The van der Waals surface area contributed by atoms with E-state index in [0.717, 1.165) is 14.9 Å². The summed E-state index contributed by atoms with van der Waals surface area (Å²) in [7, 11) is 0. The highest BCUT2D eigenvalue weighted by Crippen LogP contribution is 2.35. The summed E-state index contributed by atoms with van der Waals surface area (Å²) in [6, 6.07) is 16.7. The molecule has 3 aromatic carbocycles. The largest absolute Gasteiger partial charge is 0.490 e. The first-order valence-electron chi connectivity index (χ1n) is 11.7. The Kier molecular flexibility index (Phi) is 9.27. The molecule has 1 heterocycles. The van der Waals surface area contributed by atoms with Crippen LogP contribution in [0.5, 0.6) is 17.2 Å². The minimum Gasteiger partial charge on any atom is -0.490 e. The summed E-state index contributed by atoms with van der Waals surface area (Å²) < 4.78 is 18.7. The van der Waals surface area contributed by atoms with Crippen molar-refractivity contribution in [2.45, 2.75) is 13.5 Å². The van der Waals surface area contributed by atoms with E-state index in [9.17, 15) is 14.4 Å². The van der Waals surface area contributed by atoms with Crippen LogP contribution in [0.3, 0.4) is 0 Å². The standard InChI is InChI=1S/C29H22BrIN2O6/c1-3-13-38-26-24(31)15-19(16-25(26)37-4-2)14-23-27(34)32-29(36)33(28(23)35)21-9-11-22(12-10-21)39-17-18-5-7-20(30)8-6-18/h1,5-12,14-16H,4,13,17H2,2H3,(H,32,34,36)/b23-14+. The highest BCUT2D eigenvalue weighted by atomic mass is 127. The molecule has 0 bridgehead atoms. The number of carbonyl (C=O) groups is 3. The van der Waals surface area contributed by atoms with Crippen molar-refractivity contribution >= 4 is 68.1 Å². The molecule has 4 rings (SSSR count). The van der Waals surface area contributed by atoms with Gasteiger partial charge in [0.15, 0.2) is 11.5 Å². The predicted molar refractivity (Wildman–Crippen MR) is 159 cm³/mol. The SMILES string of the molecule is C#CCOc1c(I)cc(/C=C2\C(=O)NC(=O)N(c3ccc(OCc4ccc(Br)cc4)cc3)C2=O)cc1OCC. The van der Waals surface area contributed by atoms with E-state index in [4.69, 9.17) is 20.6 Å². The molecule has 1 aliphatic rings. The average Bonchev–Trinajstić information content (AvgIpc) is 2.91. The van der Waals surface area contributed by atoms with E-state index in [1.807, 2.05) is 31.2 Å². The van der Waals surface area contributed by atoms with Crippen molar-refractivity contribution in [3.63, 3.8) is 0 Å². The van der Waals surface area contributed by atoms with Gasteiger partial charge in [0.05, 0.1) is 15.9 Å². The Morgan fingerprint density at radius 2 is 1.74 bits per heavy atom. The summed E-state index contributed by atoms with van der Waals surface area (Å²) >= 11 is 5.46. The molecule has 0 aliphatic carbocycles.